The number of urea groups is 1. The predicted octanol–water partition coefficient (Wildman–Crippen LogP) is 3.12. The van der Waals surface area contributed by atoms with Crippen LogP contribution in [0.25, 0.3) is 0 Å². The Bertz CT molecular complexity index is 670. The highest BCUT2D eigenvalue weighted by Crippen LogP contribution is 2.12. The summed E-state index contributed by atoms with van der Waals surface area (Å²) in [6.07, 6.45) is 3.01. The first-order valence-corrected chi connectivity index (χ1v) is 7.97. The van der Waals surface area contributed by atoms with Gasteiger partial charge in [0.05, 0.1) is 0 Å². The van der Waals surface area contributed by atoms with Crippen LogP contribution in [0.5, 0.6) is 0 Å². The van der Waals surface area contributed by atoms with Crippen LogP contribution in [-0.2, 0) is 11.2 Å². The van der Waals surface area contributed by atoms with Crippen molar-refractivity contribution in [3.63, 3.8) is 0 Å². The average molecular weight is 330 g/mol. The van der Waals surface area contributed by atoms with Crippen molar-refractivity contribution in [2.75, 3.05) is 23.7 Å². The normalized spacial score (nSPS) is 10.2. The van der Waals surface area contributed by atoms with Gasteiger partial charge in [0.15, 0.2) is 5.82 Å². The third kappa shape index (κ3) is 5.12. The number of aryl methyl sites for hydroxylation is 1. The zero-order valence-corrected chi connectivity index (χ0v) is 13.9. The van der Waals surface area contributed by atoms with Crippen molar-refractivity contribution in [3.8, 4) is 0 Å². The van der Waals surface area contributed by atoms with Gasteiger partial charge in [0.25, 0.3) is 0 Å². The largest absolute Gasteiger partial charge is 0.363 e. The molecule has 24 heavy (non-hydrogen) atoms. The molecule has 1 aromatic carbocycles. The van der Waals surface area contributed by atoms with Crippen LogP contribution in [0.4, 0.5) is 16.3 Å². The average Bonchev–Trinajstić information content (AvgIpc) is 3.07. The van der Waals surface area contributed by atoms with Gasteiger partial charge < -0.3 is 20.1 Å². The van der Waals surface area contributed by atoms with Gasteiger partial charge in [-0.15, -0.1) is 0 Å². The molecule has 0 aliphatic heterocycles. The van der Waals surface area contributed by atoms with Crippen molar-refractivity contribution in [3.05, 3.63) is 42.2 Å². The molecule has 0 fully saturated rings. The lowest BCUT2D eigenvalue weighted by molar-refractivity contribution is -0.116. The van der Waals surface area contributed by atoms with E-state index in [0.29, 0.717) is 12.4 Å². The molecule has 0 saturated carbocycles. The highest BCUT2D eigenvalue weighted by Gasteiger charge is 2.17. The van der Waals surface area contributed by atoms with Gasteiger partial charge in [-0.1, -0.05) is 31.1 Å². The third-order valence-electron chi connectivity index (χ3n) is 3.41. The minimum absolute atomic E-state index is 0.0556. The lowest BCUT2D eigenvalue weighted by atomic mass is 10.1. The zero-order chi connectivity index (χ0) is 17.4. The highest BCUT2D eigenvalue weighted by molar-refractivity contribution is 5.96. The van der Waals surface area contributed by atoms with E-state index in [9.17, 15) is 9.59 Å². The van der Waals surface area contributed by atoms with Crippen LogP contribution in [-0.4, -0.2) is 35.1 Å². The number of amides is 3. The molecule has 0 aliphatic rings. The number of carbonyl (C=O) groups is 2. The second kappa shape index (κ2) is 8.71. The molecule has 0 saturated heterocycles. The number of benzene rings is 1. The van der Waals surface area contributed by atoms with Crippen LogP contribution in [0, 0.1) is 0 Å². The maximum Gasteiger partial charge on any atom is 0.322 e. The molecular formula is C17H22N4O3. The summed E-state index contributed by atoms with van der Waals surface area (Å²) in [5.41, 5.74) is 1.86. The van der Waals surface area contributed by atoms with Crippen LogP contribution in [0.2, 0.25) is 0 Å². The van der Waals surface area contributed by atoms with E-state index in [0.717, 1.165) is 24.1 Å². The van der Waals surface area contributed by atoms with E-state index in [-0.39, 0.29) is 18.5 Å². The van der Waals surface area contributed by atoms with Crippen LogP contribution in [0.3, 0.4) is 0 Å². The minimum atomic E-state index is -0.324. The van der Waals surface area contributed by atoms with E-state index in [1.807, 2.05) is 31.2 Å². The molecule has 7 heteroatoms. The Morgan fingerprint density at radius 3 is 2.71 bits per heavy atom. The number of rotatable bonds is 7. The maximum atomic E-state index is 12.4. The lowest BCUT2D eigenvalue weighted by Crippen LogP contribution is -2.41. The molecule has 3 amide bonds. The SMILES string of the molecule is CCCN(CC(=O)Nc1ccon1)C(=O)Nc1cccc(CC)c1. The monoisotopic (exact) mass is 330 g/mol. The molecule has 2 aromatic rings. The zero-order valence-electron chi connectivity index (χ0n) is 13.9. The van der Waals surface area contributed by atoms with Crippen LogP contribution in [0.1, 0.15) is 25.8 Å². The van der Waals surface area contributed by atoms with Crippen LogP contribution in [0.15, 0.2) is 41.1 Å². The van der Waals surface area contributed by atoms with Gasteiger partial charge in [-0.2, -0.15) is 0 Å². The molecule has 1 heterocycles. The molecule has 0 radical (unpaired) electrons. The van der Waals surface area contributed by atoms with E-state index >= 15 is 0 Å². The fourth-order valence-corrected chi connectivity index (χ4v) is 2.23. The van der Waals surface area contributed by atoms with Gasteiger partial charge in [0, 0.05) is 18.3 Å². The number of nitrogens with zero attached hydrogens (tertiary/aromatic N) is 2. The highest BCUT2D eigenvalue weighted by atomic mass is 16.5. The van der Waals surface area contributed by atoms with Crippen LogP contribution < -0.4 is 10.6 Å². The molecule has 2 N–H and O–H groups in total. The summed E-state index contributed by atoms with van der Waals surface area (Å²) >= 11 is 0. The topological polar surface area (TPSA) is 87.5 Å². The van der Waals surface area contributed by atoms with E-state index in [1.54, 1.807) is 6.07 Å². The van der Waals surface area contributed by atoms with Crippen molar-refractivity contribution >= 4 is 23.4 Å². The number of carbonyl (C=O) groups excluding carboxylic acids is 2. The quantitative estimate of drug-likeness (QED) is 0.816. The van der Waals surface area contributed by atoms with Crippen molar-refractivity contribution in [1.29, 1.82) is 0 Å². The maximum absolute atomic E-state index is 12.4. The van der Waals surface area contributed by atoms with Crippen LogP contribution >= 0.6 is 0 Å². The number of aromatic nitrogens is 1. The fourth-order valence-electron chi connectivity index (χ4n) is 2.23. The molecule has 0 unspecified atom stereocenters. The Balaban J connectivity index is 1.97. The van der Waals surface area contributed by atoms with Gasteiger partial charge in [-0.3, -0.25) is 4.79 Å². The lowest BCUT2D eigenvalue weighted by Gasteiger charge is -2.22. The molecule has 1 aromatic heterocycles. The van der Waals surface area contributed by atoms with Gasteiger partial charge in [-0.05, 0) is 30.5 Å². The number of hydrogen-bond acceptors (Lipinski definition) is 4. The summed E-state index contributed by atoms with van der Waals surface area (Å²) in [7, 11) is 0. The molecule has 0 atom stereocenters. The first kappa shape index (κ1) is 17.5. The van der Waals surface area contributed by atoms with E-state index in [2.05, 4.69) is 27.2 Å². The molecule has 0 aliphatic carbocycles. The summed E-state index contributed by atoms with van der Waals surface area (Å²) in [6, 6.07) is 8.90. The Morgan fingerprint density at radius 1 is 1.21 bits per heavy atom. The molecule has 7 nitrogen and oxygen atoms in total. The second-order valence-corrected chi connectivity index (χ2v) is 5.34. The summed E-state index contributed by atoms with van der Waals surface area (Å²) in [6.45, 7) is 4.43. The van der Waals surface area contributed by atoms with Crippen molar-refractivity contribution in [1.82, 2.24) is 10.1 Å². The van der Waals surface area contributed by atoms with Gasteiger partial charge >= 0.3 is 6.03 Å². The van der Waals surface area contributed by atoms with E-state index in [4.69, 9.17) is 0 Å². The smallest absolute Gasteiger partial charge is 0.322 e. The molecule has 0 bridgehead atoms. The molecule has 128 valence electrons. The third-order valence-corrected chi connectivity index (χ3v) is 3.41. The molecule has 0 spiro atoms. The first-order chi connectivity index (χ1) is 11.6. The van der Waals surface area contributed by atoms with E-state index in [1.165, 1.54) is 11.2 Å². The molecular weight excluding hydrogens is 308 g/mol. The molecule has 2 rings (SSSR count). The van der Waals surface area contributed by atoms with Gasteiger partial charge in [0.2, 0.25) is 5.91 Å². The number of anilines is 2. The summed E-state index contributed by atoms with van der Waals surface area (Å²) in [4.78, 5) is 25.9. The first-order valence-electron chi connectivity index (χ1n) is 7.97. The Morgan fingerprint density at radius 2 is 2.04 bits per heavy atom. The Kier molecular flexibility index (Phi) is 6.36. The summed E-state index contributed by atoms with van der Waals surface area (Å²) < 4.78 is 4.66. The standard InChI is InChI=1S/C17H22N4O3/c1-3-9-21(12-16(22)19-15-8-10-24-20-15)17(23)18-14-7-5-6-13(4-2)11-14/h5-8,10-11H,3-4,9,12H2,1-2H3,(H,18,23)(H,19,20,22). The predicted molar refractivity (Wildman–Crippen MR) is 91.8 cm³/mol. The fraction of sp³-hybridized carbons (Fsp3) is 0.353. The Hall–Kier alpha value is -2.83. The van der Waals surface area contributed by atoms with Gasteiger partial charge in [0.1, 0.15) is 12.8 Å². The number of hydrogen-bond donors (Lipinski definition) is 2. The van der Waals surface area contributed by atoms with Crippen molar-refractivity contribution in [2.24, 2.45) is 0 Å². The minimum Gasteiger partial charge on any atom is -0.363 e. The summed E-state index contributed by atoms with van der Waals surface area (Å²) in [5, 5.41) is 9.04. The summed E-state index contributed by atoms with van der Waals surface area (Å²) in [5.74, 6) is 0.00214. The van der Waals surface area contributed by atoms with E-state index < -0.39 is 0 Å². The van der Waals surface area contributed by atoms with Crippen molar-refractivity contribution in [2.45, 2.75) is 26.7 Å². The second-order valence-electron chi connectivity index (χ2n) is 5.34. The Labute approximate surface area is 141 Å². The number of nitrogens with one attached hydrogen (secondary N) is 2. The van der Waals surface area contributed by atoms with Crippen molar-refractivity contribution < 1.29 is 14.1 Å². The van der Waals surface area contributed by atoms with Gasteiger partial charge in [-0.25, -0.2) is 4.79 Å².